The molecule has 2 heterocycles. The summed E-state index contributed by atoms with van der Waals surface area (Å²) in [4.78, 5) is 20.9. The molecule has 3 aromatic rings. The quantitative estimate of drug-likeness (QED) is 0.570. The van der Waals surface area contributed by atoms with E-state index < -0.39 is 0 Å². The fourth-order valence-corrected chi connectivity index (χ4v) is 2.50. The van der Waals surface area contributed by atoms with Gasteiger partial charge >= 0.3 is 0 Å². The summed E-state index contributed by atoms with van der Waals surface area (Å²) in [5.74, 6) is 0.540. The molecule has 0 radical (unpaired) electrons. The predicted octanol–water partition coefficient (Wildman–Crippen LogP) is 2.53. The second kappa shape index (κ2) is 3.77. The maximum Gasteiger partial charge on any atom is 0.221 e. The van der Waals surface area contributed by atoms with Crippen molar-refractivity contribution < 1.29 is 9.21 Å². The Morgan fingerprint density at radius 2 is 1.70 bits per heavy atom. The van der Waals surface area contributed by atoms with Gasteiger partial charge in [0.15, 0.2) is 11.5 Å². The van der Waals surface area contributed by atoms with Gasteiger partial charge in [0, 0.05) is 11.1 Å². The second-order valence-electron chi connectivity index (χ2n) is 4.51. The summed E-state index contributed by atoms with van der Waals surface area (Å²) in [5.41, 5.74) is 8.64. The average Bonchev–Trinajstić information content (AvgIpc) is 3.07. The molecule has 1 aliphatic rings. The first-order valence-electron chi connectivity index (χ1n) is 6.11. The minimum absolute atomic E-state index is 0.0954. The highest BCUT2D eigenvalue weighted by Crippen LogP contribution is 2.39. The van der Waals surface area contributed by atoms with Crippen LogP contribution in [0.15, 0.2) is 47.1 Å². The van der Waals surface area contributed by atoms with Crippen LogP contribution in [0.4, 0.5) is 5.95 Å². The molecule has 0 amide bonds. The zero-order valence-electron chi connectivity index (χ0n) is 10.3. The third-order valence-electron chi connectivity index (χ3n) is 3.33. The Hall–Kier alpha value is -2.95. The first kappa shape index (κ1) is 10.9. The minimum Gasteiger partial charge on any atom is -0.463 e. The molecule has 96 valence electrons. The molecule has 0 bridgehead atoms. The number of fused-ring (bicyclic) bond motifs is 3. The van der Waals surface area contributed by atoms with Crippen molar-refractivity contribution >= 4 is 11.7 Å². The minimum atomic E-state index is -0.0954. The van der Waals surface area contributed by atoms with E-state index in [4.69, 9.17) is 10.2 Å². The van der Waals surface area contributed by atoms with Crippen LogP contribution in [0.25, 0.3) is 22.7 Å². The summed E-state index contributed by atoms with van der Waals surface area (Å²) >= 11 is 0. The number of ketones is 1. The Bertz CT molecular complexity index is 838. The van der Waals surface area contributed by atoms with Crippen molar-refractivity contribution in [1.82, 2.24) is 9.97 Å². The lowest BCUT2D eigenvalue weighted by Crippen LogP contribution is -2.04. The molecule has 0 saturated carbocycles. The SMILES string of the molecule is Nc1nc(-c2ccco2)c2c(n1)-c1ccccc1C2=O. The van der Waals surface area contributed by atoms with E-state index in [0.717, 1.165) is 5.56 Å². The normalized spacial score (nSPS) is 12.3. The van der Waals surface area contributed by atoms with Gasteiger partial charge in [-0.1, -0.05) is 24.3 Å². The number of rotatable bonds is 1. The van der Waals surface area contributed by atoms with Gasteiger partial charge in [-0.05, 0) is 12.1 Å². The van der Waals surface area contributed by atoms with Gasteiger partial charge < -0.3 is 10.2 Å². The first-order valence-corrected chi connectivity index (χ1v) is 6.11. The van der Waals surface area contributed by atoms with Crippen molar-refractivity contribution in [1.29, 1.82) is 0 Å². The van der Waals surface area contributed by atoms with E-state index in [-0.39, 0.29) is 11.7 Å². The molecule has 0 fully saturated rings. The Balaban J connectivity index is 2.09. The van der Waals surface area contributed by atoms with E-state index in [0.29, 0.717) is 28.3 Å². The molecule has 0 atom stereocenters. The van der Waals surface area contributed by atoms with E-state index in [1.807, 2.05) is 18.2 Å². The standard InChI is InChI=1S/C15H9N3O2/c16-15-17-12-8-4-1-2-5-9(8)14(19)11(12)13(18-15)10-6-3-7-20-10/h1-7H,(H2,16,17,18). The van der Waals surface area contributed by atoms with Crippen molar-refractivity contribution in [3.8, 4) is 22.7 Å². The number of nitrogens with zero attached hydrogens (tertiary/aromatic N) is 2. The number of hydrogen-bond donors (Lipinski definition) is 1. The summed E-state index contributed by atoms with van der Waals surface area (Å²) in [6.45, 7) is 0. The van der Waals surface area contributed by atoms with E-state index in [1.165, 1.54) is 6.26 Å². The molecule has 1 aromatic carbocycles. The fourth-order valence-electron chi connectivity index (χ4n) is 2.50. The summed E-state index contributed by atoms with van der Waals surface area (Å²) in [6, 6.07) is 10.8. The highest BCUT2D eigenvalue weighted by molar-refractivity contribution is 6.23. The molecule has 0 unspecified atom stereocenters. The lowest BCUT2D eigenvalue weighted by Gasteiger charge is -2.04. The van der Waals surface area contributed by atoms with Crippen molar-refractivity contribution in [2.24, 2.45) is 0 Å². The second-order valence-corrected chi connectivity index (χ2v) is 4.51. The monoisotopic (exact) mass is 263 g/mol. The van der Waals surface area contributed by atoms with Gasteiger partial charge in [0.25, 0.3) is 0 Å². The summed E-state index contributed by atoms with van der Waals surface area (Å²) in [5, 5.41) is 0. The van der Waals surface area contributed by atoms with Crippen LogP contribution < -0.4 is 5.73 Å². The van der Waals surface area contributed by atoms with Crippen LogP contribution in [0.3, 0.4) is 0 Å². The molecule has 20 heavy (non-hydrogen) atoms. The molecule has 5 heteroatoms. The summed E-state index contributed by atoms with van der Waals surface area (Å²) in [7, 11) is 0. The highest BCUT2D eigenvalue weighted by Gasteiger charge is 2.32. The molecule has 2 aromatic heterocycles. The van der Waals surface area contributed by atoms with Crippen LogP contribution in [0.2, 0.25) is 0 Å². The maximum absolute atomic E-state index is 12.6. The Kier molecular flexibility index (Phi) is 2.06. The van der Waals surface area contributed by atoms with Crippen LogP contribution in [-0.2, 0) is 0 Å². The number of carbonyl (C=O) groups is 1. The van der Waals surface area contributed by atoms with E-state index in [2.05, 4.69) is 9.97 Å². The van der Waals surface area contributed by atoms with Crippen LogP contribution >= 0.6 is 0 Å². The average molecular weight is 263 g/mol. The van der Waals surface area contributed by atoms with Crippen molar-refractivity contribution in [2.75, 3.05) is 5.73 Å². The van der Waals surface area contributed by atoms with E-state index in [1.54, 1.807) is 18.2 Å². The van der Waals surface area contributed by atoms with Gasteiger partial charge in [-0.15, -0.1) is 0 Å². The highest BCUT2D eigenvalue weighted by atomic mass is 16.3. The first-order chi connectivity index (χ1) is 9.75. The van der Waals surface area contributed by atoms with Gasteiger partial charge in [0.1, 0.15) is 5.69 Å². The van der Waals surface area contributed by atoms with E-state index in [9.17, 15) is 4.79 Å². The van der Waals surface area contributed by atoms with Crippen molar-refractivity contribution in [2.45, 2.75) is 0 Å². The lowest BCUT2D eigenvalue weighted by molar-refractivity contribution is 0.104. The zero-order chi connectivity index (χ0) is 13.7. The number of furan rings is 1. The third kappa shape index (κ3) is 1.34. The Morgan fingerprint density at radius 1 is 0.950 bits per heavy atom. The third-order valence-corrected chi connectivity index (χ3v) is 3.33. The number of carbonyl (C=O) groups excluding carboxylic acids is 1. The number of benzene rings is 1. The predicted molar refractivity (Wildman–Crippen MR) is 73.0 cm³/mol. The summed E-state index contributed by atoms with van der Waals surface area (Å²) in [6.07, 6.45) is 1.53. The molecular formula is C15H9N3O2. The largest absolute Gasteiger partial charge is 0.463 e. The molecule has 2 N–H and O–H groups in total. The number of hydrogen-bond acceptors (Lipinski definition) is 5. The van der Waals surface area contributed by atoms with Gasteiger partial charge in [0.2, 0.25) is 5.95 Å². The molecule has 1 aliphatic carbocycles. The van der Waals surface area contributed by atoms with Gasteiger partial charge in [-0.3, -0.25) is 4.79 Å². The van der Waals surface area contributed by atoms with Crippen LogP contribution in [0, 0.1) is 0 Å². The summed E-state index contributed by atoms with van der Waals surface area (Å²) < 4.78 is 5.35. The number of nitrogen functional groups attached to an aromatic ring is 1. The van der Waals surface area contributed by atoms with Crippen LogP contribution in [0.1, 0.15) is 15.9 Å². The van der Waals surface area contributed by atoms with Crippen LogP contribution in [-0.4, -0.2) is 15.8 Å². The molecule has 0 saturated heterocycles. The van der Waals surface area contributed by atoms with Crippen molar-refractivity contribution in [3.05, 3.63) is 53.8 Å². The van der Waals surface area contributed by atoms with E-state index >= 15 is 0 Å². The molecule has 0 aliphatic heterocycles. The molecule has 4 rings (SSSR count). The molecular weight excluding hydrogens is 254 g/mol. The molecule has 0 spiro atoms. The number of nitrogens with two attached hydrogens (primary N) is 1. The van der Waals surface area contributed by atoms with Crippen LogP contribution in [0.5, 0.6) is 0 Å². The van der Waals surface area contributed by atoms with Gasteiger partial charge in [-0.25, -0.2) is 9.97 Å². The molecule has 5 nitrogen and oxygen atoms in total. The number of aromatic nitrogens is 2. The maximum atomic E-state index is 12.6. The smallest absolute Gasteiger partial charge is 0.221 e. The topological polar surface area (TPSA) is 82.0 Å². The Morgan fingerprint density at radius 3 is 2.45 bits per heavy atom. The van der Waals surface area contributed by atoms with Gasteiger partial charge in [0.05, 0.1) is 17.5 Å². The number of anilines is 1. The van der Waals surface area contributed by atoms with Crippen molar-refractivity contribution in [3.63, 3.8) is 0 Å². The Labute approximate surface area is 114 Å². The zero-order valence-corrected chi connectivity index (χ0v) is 10.3. The fraction of sp³-hybridized carbons (Fsp3) is 0. The van der Waals surface area contributed by atoms with Gasteiger partial charge in [-0.2, -0.15) is 0 Å². The lowest BCUT2D eigenvalue weighted by atomic mass is 10.1.